The van der Waals surface area contributed by atoms with E-state index in [9.17, 15) is 9.59 Å². The number of hydrogen-bond acceptors (Lipinski definition) is 5. The van der Waals surface area contributed by atoms with Crippen molar-refractivity contribution in [2.75, 3.05) is 13.2 Å². The molecule has 2 N–H and O–H groups in total. The first-order chi connectivity index (χ1) is 16.4. The quantitative estimate of drug-likeness (QED) is 0.370. The Bertz CT molecular complexity index is 1180. The van der Waals surface area contributed by atoms with Crippen molar-refractivity contribution in [3.8, 4) is 17.2 Å². The lowest BCUT2D eigenvalue weighted by Crippen LogP contribution is -2.25. The summed E-state index contributed by atoms with van der Waals surface area (Å²) >= 11 is 12.3. The van der Waals surface area contributed by atoms with Crippen LogP contribution in [0.15, 0.2) is 60.7 Å². The second-order valence-corrected chi connectivity index (χ2v) is 8.43. The zero-order valence-corrected chi connectivity index (χ0v) is 19.4. The highest BCUT2D eigenvalue weighted by atomic mass is 35.5. The third kappa shape index (κ3) is 5.92. The van der Waals surface area contributed by atoms with Crippen LogP contribution in [0.5, 0.6) is 17.2 Å². The van der Waals surface area contributed by atoms with Gasteiger partial charge in [-0.1, -0.05) is 35.3 Å². The molecule has 1 amide bonds. The van der Waals surface area contributed by atoms with Crippen LogP contribution in [0.25, 0.3) is 0 Å². The molecule has 0 saturated carbocycles. The average Bonchev–Trinajstić information content (AvgIpc) is 2.80. The van der Waals surface area contributed by atoms with Gasteiger partial charge in [0, 0.05) is 35.7 Å². The van der Waals surface area contributed by atoms with Crippen molar-refractivity contribution in [3.63, 3.8) is 0 Å². The maximum absolute atomic E-state index is 12.4. The van der Waals surface area contributed by atoms with Gasteiger partial charge < -0.3 is 24.6 Å². The first kappa shape index (κ1) is 23.7. The van der Waals surface area contributed by atoms with Crippen LogP contribution in [-0.4, -0.2) is 30.3 Å². The fourth-order valence-corrected chi connectivity index (χ4v) is 4.05. The fourth-order valence-electron chi connectivity index (χ4n) is 3.60. The molecule has 1 heterocycles. The minimum Gasteiger partial charge on any atom is -0.493 e. The van der Waals surface area contributed by atoms with Gasteiger partial charge >= 0.3 is 6.16 Å². The molecule has 0 bridgehead atoms. The lowest BCUT2D eigenvalue weighted by Gasteiger charge is -2.26. The topological polar surface area (TPSA) is 94.1 Å². The van der Waals surface area contributed by atoms with Crippen LogP contribution in [0.4, 0.5) is 4.79 Å². The lowest BCUT2D eigenvalue weighted by atomic mass is 10.0. The van der Waals surface area contributed by atoms with E-state index in [1.165, 1.54) is 0 Å². The Hall–Kier alpha value is -3.42. The van der Waals surface area contributed by atoms with Crippen molar-refractivity contribution in [1.29, 1.82) is 0 Å². The van der Waals surface area contributed by atoms with Crippen molar-refractivity contribution in [2.24, 2.45) is 0 Å². The van der Waals surface area contributed by atoms with Crippen LogP contribution >= 0.6 is 23.2 Å². The van der Waals surface area contributed by atoms with E-state index < -0.39 is 12.3 Å². The molecule has 176 valence electrons. The highest BCUT2D eigenvalue weighted by molar-refractivity contribution is 6.31. The molecule has 1 atom stereocenters. The van der Waals surface area contributed by atoms with E-state index in [0.29, 0.717) is 59.4 Å². The fraction of sp³-hybridized carbons (Fsp3) is 0.200. The molecule has 7 nitrogen and oxygen atoms in total. The maximum atomic E-state index is 12.4. The van der Waals surface area contributed by atoms with Gasteiger partial charge in [0.2, 0.25) is 0 Å². The van der Waals surface area contributed by atoms with Crippen molar-refractivity contribution >= 4 is 35.3 Å². The Balaban J connectivity index is 1.37. The van der Waals surface area contributed by atoms with Crippen LogP contribution in [0.2, 0.25) is 10.0 Å². The van der Waals surface area contributed by atoms with Crippen molar-refractivity contribution in [3.05, 3.63) is 87.4 Å². The predicted molar refractivity (Wildman–Crippen MR) is 127 cm³/mol. The lowest BCUT2D eigenvalue weighted by molar-refractivity contribution is 0.0326. The second kappa shape index (κ2) is 10.7. The Morgan fingerprint density at radius 3 is 2.47 bits per heavy atom. The number of rotatable bonds is 7. The van der Waals surface area contributed by atoms with E-state index in [1.54, 1.807) is 36.4 Å². The van der Waals surface area contributed by atoms with Gasteiger partial charge in [-0.15, -0.1) is 0 Å². The maximum Gasteiger partial charge on any atom is 0.506 e. The summed E-state index contributed by atoms with van der Waals surface area (Å²) in [7, 11) is 0. The monoisotopic (exact) mass is 501 g/mol. The molecule has 3 aromatic rings. The number of nitrogens with one attached hydrogen (secondary N) is 1. The van der Waals surface area contributed by atoms with Gasteiger partial charge in [-0.25, -0.2) is 4.79 Å². The Kier molecular flexibility index (Phi) is 7.45. The number of carbonyl (C=O) groups is 2. The third-order valence-corrected chi connectivity index (χ3v) is 5.80. The summed E-state index contributed by atoms with van der Waals surface area (Å²) in [6.07, 6.45) is -0.991. The van der Waals surface area contributed by atoms with E-state index in [-0.39, 0.29) is 10.9 Å². The average molecular weight is 502 g/mol. The molecule has 0 aromatic heterocycles. The molecule has 1 aliphatic heterocycles. The van der Waals surface area contributed by atoms with Crippen molar-refractivity contribution in [1.82, 2.24) is 5.32 Å². The first-order valence-electron chi connectivity index (χ1n) is 10.6. The SMILES string of the molecule is O=C(O)OC1CCOc2cc(Oc3ccc(C(=O)NCCc4ccc(Cl)cc4)cc3)cc(Cl)c21. The number of amides is 1. The molecule has 0 spiro atoms. The molecule has 0 saturated heterocycles. The molecule has 0 aliphatic carbocycles. The van der Waals surface area contributed by atoms with E-state index in [1.807, 2.05) is 24.3 Å². The minimum atomic E-state index is -1.37. The predicted octanol–water partition coefficient (Wildman–Crippen LogP) is 6.28. The number of ether oxygens (including phenoxy) is 3. The number of benzene rings is 3. The molecule has 9 heteroatoms. The van der Waals surface area contributed by atoms with E-state index in [2.05, 4.69) is 5.32 Å². The Morgan fingerprint density at radius 2 is 1.76 bits per heavy atom. The van der Waals surface area contributed by atoms with Gasteiger partial charge in [0.15, 0.2) is 0 Å². The summed E-state index contributed by atoms with van der Waals surface area (Å²) < 4.78 is 16.4. The first-order valence-corrected chi connectivity index (χ1v) is 11.3. The van der Waals surface area contributed by atoms with E-state index in [4.69, 9.17) is 42.5 Å². The van der Waals surface area contributed by atoms with Crippen LogP contribution in [0, 0.1) is 0 Å². The Morgan fingerprint density at radius 1 is 1.03 bits per heavy atom. The van der Waals surface area contributed by atoms with Gasteiger partial charge in [0.1, 0.15) is 23.4 Å². The minimum absolute atomic E-state index is 0.185. The van der Waals surface area contributed by atoms with Crippen LogP contribution < -0.4 is 14.8 Å². The van der Waals surface area contributed by atoms with Gasteiger partial charge in [0.05, 0.1) is 17.2 Å². The number of fused-ring (bicyclic) bond motifs is 1. The molecular weight excluding hydrogens is 481 g/mol. The standard InChI is InChI=1S/C25H21Cl2NO6/c26-17-5-1-15(2-6-17)9-11-28-24(29)16-3-7-18(8-4-16)33-19-13-20(27)23-21(34-25(30)31)10-12-32-22(23)14-19/h1-8,13-14,21H,9-12H2,(H,28,29)(H,30,31). The molecule has 1 aliphatic rings. The summed E-state index contributed by atoms with van der Waals surface area (Å²) in [4.78, 5) is 23.4. The smallest absolute Gasteiger partial charge is 0.493 e. The van der Waals surface area contributed by atoms with E-state index >= 15 is 0 Å². The molecule has 4 rings (SSSR count). The van der Waals surface area contributed by atoms with Gasteiger partial charge in [0.25, 0.3) is 5.91 Å². The molecule has 1 unspecified atom stereocenters. The molecule has 3 aromatic carbocycles. The van der Waals surface area contributed by atoms with Gasteiger partial charge in [-0.05, 0) is 48.4 Å². The molecule has 34 heavy (non-hydrogen) atoms. The summed E-state index contributed by atoms with van der Waals surface area (Å²) in [5.41, 5.74) is 2.07. The zero-order chi connectivity index (χ0) is 24.1. The molecule has 0 radical (unpaired) electrons. The van der Waals surface area contributed by atoms with Crippen molar-refractivity contribution in [2.45, 2.75) is 18.9 Å². The van der Waals surface area contributed by atoms with Crippen LogP contribution in [0.3, 0.4) is 0 Å². The largest absolute Gasteiger partial charge is 0.506 e. The number of carboxylic acid groups (broad SMARTS) is 1. The number of halogens is 2. The summed E-state index contributed by atoms with van der Waals surface area (Å²) in [5.74, 6) is 1.15. The van der Waals surface area contributed by atoms with Crippen LogP contribution in [0.1, 0.15) is 34.0 Å². The van der Waals surface area contributed by atoms with Crippen molar-refractivity contribution < 1.29 is 28.9 Å². The summed E-state index contributed by atoms with van der Waals surface area (Å²) in [6.45, 7) is 0.797. The van der Waals surface area contributed by atoms with Gasteiger partial charge in [-0.3, -0.25) is 4.79 Å². The highest BCUT2D eigenvalue weighted by Crippen LogP contribution is 2.43. The highest BCUT2D eigenvalue weighted by Gasteiger charge is 2.28. The van der Waals surface area contributed by atoms with E-state index in [0.717, 1.165) is 5.56 Å². The number of carbonyl (C=O) groups excluding carboxylic acids is 1. The normalized spacial score (nSPS) is 14.5. The summed E-state index contributed by atoms with van der Waals surface area (Å²) in [6, 6.07) is 17.4. The molecular formula is C25H21Cl2NO6. The summed E-state index contributed by atoms with van der Waals surface area (Å²) in [5, 5.41) is 12.8. The molecule has 0 fully saturated rings. The van der Waals surface area contributed by atoms with Crippen LogP contribution in [-0.2, 0) is 11.2 Å². The Labute approximate surface area is 206 Å². The second-order valence-electron chi connectivity index (χ2n) is 7.59. The zero-order valence-electron chi connectivity index (χ0n) is 17.9. The third-order valence-electron chi connectivity index (χ3n) is 5.23. The number of hydrogen-bond donors (Lipinski definition) is 2. The van der Waals surface area contributed by atoms with Gasteiger partial charge in [-0.2, -0.15) is 0 Å².